The van der Waals surface area contributed by atoms with E-state index in [0.717, 1.165) is 12.1 Å². The fraction of sp³-hybridized carbons (Fsp3) is 0.278. The lowest BCUT2D eigenvalue weighted by molar-refractivity contribution is -0.117. The van der Waals surface area contributed by atoms with E-state index in [9.17, 15) is 4.79 Å². The number of hydrogen-bond acceptors (Lipinski definition) is 2. The monoisotopic (exact) mass is 348 g/mol. The van der Waals surface area contributed by atoms with Crippen LogP contribution in [0.15, 0.2) is 42.5 Å². The lowest BCUT2D eigenvalue weighted by Crippen LogP contribution is -2.45. The zero-order chi connectivity index (χ0) is 16.6. The van der Waals surface area contributed by atoms with Crippen molar-refractivity contribution in [2.75, 3.05) is 10.2 Å². The van der Waals surface area contributed by atoms with Gasteiger partial charge in [-0.25, -0.2) is 0 Å². The van der Waals surface area contributed by atoms with Crippen molar-refractivity contribution in [1.29, 1.82) is 0 Å². The number of carbonyl (C=O) groups is 1. The Balaban J connectivity index is 1.81. The number of fused-ring (bicyclic) bond motifs is 1. The highest BCUT2D eigenvalue weighted by molar-refractivity contribution is 6.35. The summed E-state index contributed by atoms with van der Waals surface area (Å²) in [7, 11) is 0. The maximum atomic E-state index is 12.7. The van der Waals surface area contributed by atoms with E-state index in [1.165, 1.54) is 5.56 Å². The van der Waals surface area contributed by atoms with Gasteiger partial charge in [0.2, 0.25) is 5.91 Å². The SMILES string of the molecule is C[C@H]1Cc2ccccc2N1[C@@H](C)C(=O)Nc1cc(Cl)ccc1Cl. The van der Waals surface area contributed by atoms with Crippen LogP contribution in [0.1, 0.15) is 19.4 Å². The summed E-state index contributed by atoms with van der Waals surface area (Å²) in [5.74, 6) is -0.0993. The summed E-state index contributed by atoms with van der Waals surface area (Å²) < 4.78 is 0. The highest BCUT2D eigenvalue weighted by atomic mass is 35.5. The molecule has 2 aromatic carbocycles. The Kier molecular flexibility index (Phi) is 4.51. The van der Waals surface area contributed by atoms with Gasteiger partial charge in [-0.1, -0.05) is 41.4 Å². The van der Waals surface area contributed by atoms with E-state index in [4.69, 9.17) is 23.2 Å². The van der Waals surface area contributed by atoms with Crippen LogP contribution in [0.5, 0.6) is 0 Å². The first-order valence-electron chi connectivity index (χ1n) is 7.59. The van der Waals surface area contributed by atoms with Gasteiger partial charge < -0.3 is 10.2 Å². The third-order valence-corrected chi connectivity index (χ3v) is 4.81. The Hall–Kier alpha value is -1.71. The van der Waals surface area contributed by atoms with Crippen molar-refractivity contribution in [3.05, 3.63) is 58.1 Å². The van der Waals surface area contributed by atoms with E-state index < -0.39 is 0 Å². The minimum absolute atomic E-state index is 0.0993. The summed E-state index contributed by atoms with van der Waals surface area (Å²) in [4.78, 5) is 14.8. The summed E-state index contributed by atoms with van der Waals surface area (Å²) in [6.07, 6.45) is 0.950. The Morgan fingerprint density at radius 1 is 1.26 bits per heavy atom. The third-order valence-electron chi connectivity index (χ3n) is 4.24. The number of amides is 1. The molecular weight excluding hydrogens is 331 g/mol. The highest BCUT2D eigenvalue weighted by Crippen LogP contribution is 2.34. The molecule has 0 unspecified atom stereocenters. The summed E-state index contributed by atoms with van der Waals surface area (Å²) in [5.41, 5.74) is 2.94. The number of nitrogens with one attached hydrogen (secondary N) is 1. The Labute approximate surface area is 146 Å². The molecule has 2 atom stereocenters. The fourth-order valence-corrected chi connectivity index (χ4v) is 3.47. The summed E-state index contributed by atoms with van der Waals surface area (Å²) in [5, 5.41) is 3.90. The maximum absolute atomic E-state index is 12.7. The van der Waals surface area contributed by atoms with Gasteiger partial charge in [-0.2, -0.15) is 0 Å². The molecule has 23 heavy (non-hydrogen) atoms. The molecule has 0 spiro atoms. The summed E-state index contributed by atoms with van der Waals surface area (Å²) >= 11 is 12.1. The number of para-hydroxylation sites is 1. The van der Waals surface area contributed by atoms with Crippen LogP contribution in [0.3, 0.4) is 0 Å². The van der Waals surface area contributed by atoms with E-state index in [2.05, 4.69) is 29.3 Å². The second kappa shape index (κ2) is 6.42. The molecule has 1 heterocycles. The van der Waals surface area contributed by atoms with Crippen LogP contribution in [-0.2, 0) is 11.2 Å². The number of benzene rings is 2. The Morgan fingerprint density at radius 2 is 2.00 bits per heavy atom. The van der Waals surface area contributed by atoms with Gasteiger partial charge in [0.05, 0.1) is 10.7 Å². The first-order valence-corrected chi connectivity index (χ1v) is 8.35. The van der Waals surface area contributed by atoms with Gasteiger partial charge in [0.15, 0.2) is 0 Å². The zero-order valence-corrected chi connectivity index (χ0v) is 14.5. The molecule has 120 valence electrons. The summed E-state index contributed by atoms with van der Waals surface area (Å²) in [6.45, 7) is 4.04. The molecule has 0 saturated heterocycles. The zero-order valence-electron chi connectivity index (χ0n) is 13.0. The van der Waals surface area contributed by atoms with E-state index in [0.29, 0.717) is 15.7 Å². The van der Waals surface area contributed by atoms with Gasteiger partial charge in [-0.05, 0) is 50.1 Å². The van der Waals surface area contributed by atoms with Crippen LogP contribution >= 0.6 is 23.2 Å². The van der Waals surface area contributed by atoms with E-state index >= 15 is 0 Å². The van der Waals surface area contributed by atoms with Crippen molar-refractivity contribution in [3.63, 3.8) is 0 Å². The van der Waals surface area contributed by atoms with Crippen LogP contribution in [0.2, 0.25) is 10.0 Å². The van der Waals surface area contributed by atoms with E-state index in [1.54, 1.807) is 18.2 Å². The average molecular weight is 349 g/mol. The molecule has 3 nitrogen and oxygen atoms in total. The number of carbonyl (C=O) groups excluding carboxylic acids is 1. The lowest BCUT2D eigenvalue weighted by atomic mass is 10.1. The fourth-order valence-electron chi connectivity index (χ4n) is 3.14. The molecule has 0 fully saturated rings. The van der Waals surface area contributed by atoms with Gasteiger partial charge in [-0.15, -0.1) is 0 Å². The molecule has 5 heteroatoms. The van der Waals surface area contributed by atoms with Gasteiger partial charge in [0, 0.05) is 16.8 Å². The second-order valence-corrected chi connectivity index (χ2v) is 6.72. The van der Waals surface area contributed by atoms with Gasteiger partial charge >= 0.3 is 0 Å². The number of nitrogens with zero attached hydrogens (tertiary/aromatic N) is 1. The molecule has 1 aliphatic rings. The highest BCUT2D eigenvalue weighted by Gasteiger charge is 2.32. The van der Waals surface area contributed by atoms with Crippen LogP contribution in [-0.4, -0.2) is 18.0 Å². The van der Waals surface area contributed by atoms with Crippen molar-refractivity contribution in [2.45, 2.75) is 32.4 Å². The van der Waals surface area contributed by atoms with Crippen molar-refractivity contribution < 1.29 is 4.79 Å². The standard InChI is InChI=1S/C18H18Cl2N2O/c1-11-9-13-5-3-4-6-17(13)22(11)12(2)18(23)21-16-10-14(19)7-8-15(16)20/h3-8,10-12H,9H2,1-2H3,(H,21,23)/t11-,12-/m0/s1. The van der Waals surface area contributed by atoms with Crippen molar-refractivity contribution in [1.82, 2.24) is 0 Å². The Morgan fingerprint density at radius 3 is 2.78 bits per heavy atom. The third kappa shape index (κ3) is 3.17. The van der Waals surface area contributed by atoms with Crippen LogP contribution in [0.4, 0.5) is 11.4 Å². The molecule has 1 amide bonds. The van der Waals surface area contributed by atoms with Gasteiger partial charge in [0.25, 0.3) is 0 Å². The van der Waals surface area contributed by atoms with Crippen molar-refractivity contribution in [2.24, 2.45) is 0 Å². The summed E-state index contributed by atoms with van der Waals surface area (Å²) in [6, 6.07) is 13.2. The first-order chi connectivity index (χ1) is 11.0. The molecular formula is C18H18Cl2N2O. The van der Waals surface area contributed by atoms with Gasteiger partial charge in [-0.3, -0.25) is 4.79 Å². The maximum Gasteiger partial charge on any atom is 0.246 e. The average Bonchev–Trinajstić information content (AvgIpc) is 2.86. The molecule has 3 rings (SSSR count). The number of halogens is 2. The van der Waals surface area contributed by atoms with Gasteiger partial charge in [0.1, 0.15) is 6.04 Å². The first kappa shape index (κ1) is 16.2. The number of anilines is 2. The smallest absolute Gasteiger partial charge is 0.246 e. The molecule has 0 bridgehead atoms. The quantitative estimate of drug-likeness (QED) is 0.866. The Bertz CT molecular complexity index is 748. The minimum Gasteiger partial charge on any atom is -0.357 e. The topological polar surface area (TPSA) is 32.3 Å². The second-order valence-electron chi connectivity index (χ2n) is 5.88. The molecule has 0 saturated carbocycles. The predicted molar refractivity (Wildman–Crippen MR) is 96.6 cm³/mol. The van der Waals surface area contributed by atoms with Crippen molar-refractivity contribution in [3.8, 4) is 0 Å². The number of hydrogen-bond donors (Lipinski definition) is 1. The lowest BCUT2D eigenvalue weighted by Gasteiger charge is -2.31. The number of rotatable bonds is 3. The molecule has 0 radical (unpaired) electrons. The molecule has 1 aliphatic heterocycles. The molecule has 2 aromatic rings. The molecule has 0 aliphatic carbocycles. The molecule has 1 N–H and O–H groups in total. The predicted octanol–water partition coefficient (Wildman–Crippen LogP) is 4.77. The van der Waals surface area contributed by atoms with Crippen molar-refractivity contribution >= 4 is 40.5 Å². The molecule has 0 aromatic heterocycles. The van der Waals surface area contributed by atoms with Crippen LogP contribution in [0.25, 0.3) is 0 Å². The largest absolute Gasteiger partial charge is 0.357 e. The van der Waals surface area contributed by atoms with Crippen LogP contribution in [0, 0.1) is 0 Å². The minimum atomic E-state index is -0.302. The normalized spacial score (nSPS) is 17.7. The van der Waals surface area contributed by atoms with E-state index in [-0.39, 0.29) is 18.0 Å². The van der Waals surface area contributed by atoms with E-state index in [1.807, 2.05) is 19.1 Å². The van der Waals surface area contributed by atoms with Crippen LogP contribution < -0.4 is 10.2 Å².